The molecule has 2 nitrogen and oxygen atoms in total. The Bertz CT molecular complexity index is 62.4. The topological polar surface area (TPSA) is 44.0 Å². The Labute approximate surface area is 37.0 Å². The minimum absolute atomic E-state index is 0.236. The van der Waals surface area contributed by atoms with E-state index >= 15 is 0 Å². The normalized spacial score (nSPS) is 12.8. The first-order valence-corrected chi connectivity index (χ1v) is 1.82. The first-order valence-electron chi connectivity index (χ1n) is 1.82. The highest BCUT2D eigenvalue weighted by molar-refractivity contribution is 4.71. The molecule has 0 rings (SSSR count). The Morgan fingerprint density at radius 2 is 2.50 bits per heavy atom. The summed E-state index contributed by atoms with van der Waals surface area (Å²) in [7, 11) is 0. The first kappa shape index (κ1) is 5.45. The van der Waals surface area contributed by atoms with Crippen LogP contribution in [0.4, 0.5) is 0 Å². The summed E-state index contributed by atoms with van der Waals surface area (Å²) in [4.78, 5) is 0. The second-order valence-corrected chi connectivity index (χ2v) is 1.21. The van der Waals surface area contributed by atoms with E-state index in [1.54, 1.807) is 6.92 Å². The van der Waals surface area contributed by atoms with E-state index < -0.39 is 6.10 Å². The van der Waals surface area contributed by atoms with Crippen molar-refractivity contribution in [3.63, 3.8) is 0 Å². The van der Waals surface area contributed by atoms with Crippen molar-refractivity contribution < 1.29 is 5.11 Å². The lowest BCUT2D eigenvalue weighted by Crippen LogP contribution is -1.94. The van der Waals surface area contributed by atoms with Crippen LogP contribution in [0.25, 0.3) is 0 Å². The van der Waals surface area contributed by atoms with E-state index in [2.05, 4.69) is 0 Å². The molecule has 0 amide bonds. The second-order valence-electron chi connectivity index (χ2n) is 1.21. The van der Waals surface area contributed by atoms with Crippen LogP contribution in [0, 0.1) is 11.3 Å². The molecule has 0 saturated carbocycles. The predicted octanol–water partition coefficient (Wildman–Crippen LogP) is 0.281. The number of hydrogen-bond acceptors (Lipinski definition) is 2. The summed E-state index contributed by atoms with van der Waals surface area (Å²) in [5, 5.41) is 16.2. The summed E-state index contributed by atoms with van der Waals surface area (Å²) < 4.78 is 0. The average molecular weight is 85.1 g/mol. The monoisotopic (exact) mass is 85.1 g/mol. The van der Waals surface area contributed by atoms with Gasteiger partial charge < -0.3 is 5.11 Å². The molecule has 0 saturated heterocycles. The van der Waals surface area contributed by atoms with Crippen LogP contribution < -0.4 is 0 Å². The number of aliphatic hydroxyl groups is 1. The molecule has 0 radical (unpaired) electrons. The van der Waals surface area contributed by atoms with Gasteiger partial charge in [-0.2, -0.15) is 5.26 Å². The lowest BCUT2D eigenvalue weighted by Gasteiger charge is -1.88. The third-order valence-electron chi connectivity index (χ3n) is 0.387. The molecule has 0 bridgehead atoms. The molecule has 0 aromatic carbocycles. The molecule has 0 aliphatic rings. The number of hydrogen-bond donors (Lipinski definition) is 1. The molecule has 6 heavy (non-hydrogen) atoms. The van der Waals surface area contributed by atoms with Crippen LogP contribution in [0.2, 0.25) is 0 Å². The standard InChI is InChI=1S/C4H7NO/c1-4(6)2-3-5/h4,6H,2H2,1H3/t4-/m1/s1. The van der Waals surface area contributed by atoms with Gasteiger partial charge in [-0.1, -0.05) is 0 Å². The van der Waals surface area contributed by atoms with Gasteiger partial charge in [0.05, 0.1) is 18.6 Å². The van der Waals surface area contributed by atoms with Gasteiger partial charge >= 0.3 is 0 Å². The lowest BCUT2D eigenvalue weighted by atomic mass is 10.3. The minimum Gasteiger partial charge on any atom is -0.392 e. The van der Waals surface area contributed by atoms with Crippen LogP contribution in [-0.4, -0.2) is 11.2 Å². The Balaban J connectivity index is 2.88. The summed E-state index contributed by atoms with van der Waals surface area (Å²) in [6, 6.07) is 1.82. The molecular formula is C4H7NO. The zero-order chi connectivity index (χ0) is 4.99. The van der Waals surface area contributed by atoms with Gasteiger partial charge in [-0.15, -0.1) is 0 Å². The van der Waals surface area contributed by atoms with Crippen molar-refractivity contribution in [2.45, 2.75) is 19.4 Å². The Hall–Kier alpha value is -0.550. The number of rotatable bonds is 1. The highest BCUT2D eigenvalue weighted by Gasteiger charge is 1.87. The predicted molar refractivity (Wildman–Crippen MR) is 21.9 cm³/mol. The fourth-order valence-electron chi connectivity index (χ4n) is 0.132. The van der Waals surface area contributed by atoms with Crippen molar-refractivity contribution in [3.05, 3.63) is 0 Å². The van der Waals surface area contributed by atoms with Crippen LogP contribution >= 0.6 is 0 Å². The van der Waals surface area contributed by atoms with E-state index in [1.165, 1.54) is 0 Å². The third-order valence-corrected chi connectivity index (χ3v) is 0.387. The number of aliphatic hydroxyl groups excluding tert-OH is 1. The van der Waals surface area contributed by atoms with Crippen molar-refractivity contribution in [1.29, 1.82) is 5.26 Å². The molecule has 0 spiro atoms. The van der Waals surface area contributed by atoms with E-state index in [4.69, 9.17) is 10.4 Å². The second kappa shape index (κ2) is 2.67. The highest BCUT2D eigenvalue weighted by Crippen LogP contribution is 1.82. The van der Waals surface area contributed by atoms with Crippen LogP contribution in [-0.2, 0) is 0 Å². The van der Waals surface area contributed by atoms with Crippen molar-refractivity contribution >= 4 is 0 Å². The van der Waals surface area contributed by atoms with Gasteiger partial charge in [0.25, 0.3) is 0 Å². The number of nitriles is 1. The zero-order valence-electron chi connectivity index (χ0n) is 3.68. The summed E-state index contributed by atoms with van der Waals surface area (Å²) in [6.07, 6.45) is -0.227. The third kappa shape index (κ3) is 3.45. The molecule has 1 atom stereocenters. The van der Waals surface area contributed by atoms with Crippen molar-refractivity contribution in [2.24, 2.45) is 0 Å². The molecule has 0 heterocycles. The van der Waals surface area contributed by atoms with Crippen LogP contribution in [0.1, 0.15) is 13.3 Å². The average Bonchev–Trinajstić information content (AvgIpc) is 1.35. The van der Waals surface area contributed by atoms with E-state index in [9.17, 15) is 0 Å². The maximum atomic E-state index is 8.33. The molecule has 1 N–H and O–H groups in total. The van der Waals surface area contributed by atoms with Crippen molar-refractivity contribution in [1.82, 2.24) is 0 Å². The quantitative estimate of drug-likeness (QED) is 0.497. The van der Waals surface area contributed by atoms with Crippen molar-refractivity contribution in [3.8, 4) is 6.07 Å². The molecule has 0 aromatic heterocycles. The molecule has 34 valence electrons. The van der Waals surface area contributed by atoms with Crippen LogP contribution in [0.3, 0.4) is 0 Å². The summed E-state index contributed by atoms with van der Waals surface area (Å²) in [5.74, 6) is 0. The Kier molecular flexibility index (Phi) is 2.43. The van der Waals surface area contributed by atoms with Crippen LogP contribution in [0.15, 0.2) is 0 Å². The van der Waals surface area contributed by atoms with E-state index in [1.807, 2.05) is 6.07 Å². The fourth-order valence-corrected chi connectivity index (χ4v) is 0.132. The molecule has 0 aromatic rings. The summed E-state index contributed by atoms with van der Waals surface area (Å²) >= 11 is 0. The van der Waals surface area contributed by atoms with Gasteiger partial charge in [-0.25, -0.2) is 0 Å². The molecule has 2 heteroatoms. The van der Waals surface area contributed by atoms with E-state index in [0.717, 1.165) is 0 Å². The SMILES string of the molecule is C[C@@H](O)CC#N. The van der Waals surface area contributed by atoms with Gasteiger partial charge in [0.15, 0.2) is 0 Å². The summed E-state index contributed by atoms with van der Waals surface area (Å²) in [5.41, 5.74) is 0. The van der Waals surface area contributed by atoms with E-state index in [0.29, 0.717) is 0 Å². The van der Waals surface area contributed by atoms with Gasteiger partial charge in [0.1, 0.15) is 0 Å². The van der Waals surface area contributed by atoms with Crippen molar-refractivity contribution in [2.75, 3.05) is 0 Å². The Morgan fingerprint density at radius 1 is 2.00 bits per heavy atom. The van der Waals surface area contributed by atoms with Gasteiger partial charge in [0.2, 0.25) is 0 Å². The van der Waals surface area contributed by atoms with Gasteiger partial charge in [0, 0.05) is 0 Å². The smallest absolute Gasteiger partial charge is 0.0648 e. The number of nitrogens with zero attached hydrogens (tertiary/aromatic N) is 1. The zero-order valence-corrected chi connectivity index (χ0v) is 3.68. The maximum Gasteiger partial charge on any atom is 0.0648 e. The molecule has 0 unspecified atom stereocenters. The molecule has 0 aliphatic heterocycles. The minimum atomic E-state index is -0.463. The molecular weight excluding hydrogens is 78.0 g/mol. The van der Waals surface area contributed by atoms with Crippen LogP contribution in [0.5, 0.6) is 0 Å². The highest BCUT2D eigenvalue weighted by atomic mass is 16.3. The largest absolute Gasteiger partial charge is 0.392 e. The lowest BCUT2D eigenvalue weighted by molar-refractivity contribution is 0.200. The van der Waals surface area contributed by atoms with Gasteiger partial charge in [-0.05, 0) is 6.92 Å². The van der Waals surface area contributed by atoms with E-state index in [-0.39, 0.29) is 6.42 Å². The Morgan fingerprint density at radius 3 is 2.50 bits per heavy atom. The molecule has 0 fully saturated rings. The first-order chi connectivity index (χ1) is 2.77. The maximum absolute atomic E-state index is 8.33. The summed E-state index contributed by atoms with van der Waals surface area (Å²) in [6.45, 7) is 1.59. The fraction of sp³-hybridized carbons (Fsp3) is 0.750. The molecule has 0 aliphatic carbocycles. The van der Waals surface area contributed by atoms with Gasteiger partial charge in [-0.3, -0.25) is 0 Å².